The van der Waals surface area contributed by atoms with Gasteiger partial charge in [0.15, 0.2) is 9.84 Å². The van der Waals surface area contributed by atoms with Crippen LogP contribution >= 0.6 is 0 Å². The van der Waals surface area contributed by atoms with E-state index < -0.39 is 20.4 Å². The summed E-state index contributed by atoms with van der Waals surface area (Å²) in [6.07, 6.45) is 2.18. The van der Waals surface area contributed by atoms with Crippen LogP contribution in [0.4, 0.5) is 10.1 Å². The molecule has 1 N–H and O–H groups in total. The Morgan fingerprint density at radius 2 is 2.06 bits per heavy atom. The summed E-state index contributed by atoms with van der Waals surface area (Å²) in [5.41, 5.74) is 0.400. The third-order valence-electron chi connectivity index (χ3n) is 3.67. The number of nitrogens with one attached hydrogen (secondary N) is 1. The van der Waals surface area contributed by atoms with E-state index >= 15 is 0 Å². The topological polar surface area (TPSA) is 46.2 Å². The van der Waals surface area contributed by atoms with Crippen molar-refractivity contribution in [3.05, 3.63) is 24.0 Å². The maximum atomic E-state index is 13.7. The maximum Gasteiger partial charge on any atom is 0.190 e. The van der Waals surface area contributed by atoms with E-state index in [0.717, 1.165) is 6.42 Å². The predicted octanol–water partition coefficient (Wildman–Crippen LogP) is 1.95. The number of hydrogen-bond donors (Lipinski definition) is 1. The van der Waals surface area contributed by atoms with Crippen LogP contribution in [0.2, 0.25) is 0 Å². The fourth-order valence-electron chi connectivity index (χ4n) is 2.51. The summed E-state index contributed by atoms with van der Waals surface area (Å²) < 4.78 is 37.6. The Kier molecular flexibility index (Phi) is 1.87. The molecule has 1 heterocycles. The molecule has 0 bridgehead atoms. The van der Waals surface area contributed by atoms with Crippen molar-refractivity contribution in [3.63, 3.8) is 0 Å². The predicted molar refractivity (Wildman–Crippen MR) is 58.7 cm³/mol. The van der Waals surface area contributed by atoms with E-state index in [4.69, 9.17) is 0 Å². The SMILES string of the molecule is O=S1(=O)c2c(F)cccc2NCC12CCC2. The van der Waals surface area contributed by atoms with Crippen LogP contribution in [0.25, 0.3) is 0 Å². The summed E-state index contributed by atoms with van der Waals surface area (Å²) in [6, 6.07) is 4.34. The van der Waals surface area contributed by atoms with Crippen LogP contribution in [-0.4, -0.2) is 19.7 Å². The smallest absolute Gasteiger partial charge is 0.190 e. The van der Waals surface area contributed by atoms with Crippen molar-refractivity contribution in [1.82, 2.24) is 0 Å². The van der Waals surface area contributed by atoms with Crippen molar-refractivity contribution in [2.45, 2.75) is 28.9 Å². The first kappa shape index (κ1) is 10.1. The Bertz CT molecular complexity index is 549. The molecule has 1 aromatic carbocycles. The molecule has 86 valence electrons. The van der Waals surface area contributed by atoms with Crippen molar-refractivity contribution in [2.75, 3.05) is 11.9 Å². The molecule has 1 aromatic rings. The summed E-state index contributed by atoms with van der Waals surface area (Å²) in [5, 5.41) is 3.03. The van der Waals surface area contributed by atoms with Gasteiger partial charge in [-0.2, -0.15) is 0 Å². The van der Waals surface area contributed by atoms with E-state index in [1.54, 1.807) is 6.07 Å². The average Bonchev–Trinajstić information content (AvgIpc) is 2.14. The van der Waals surface area contributed by atoms with Gasteiger partial charge in [-0.15, -0.1) is 0 Å². The summed E-state index contributed by atoms with van der Waals surface area (Å²) in [6.45, 7) is 0.409. The third-order valence-corrected chi connectivity index (χ3v) is 6.32. The molecule has 16 heavy (non-hydrogen) atoms. The number of sulfone groups is 1. The van der Waals surface area contributed by atoms with Crippen molar-refractivity contribution >= 4 is 15.5 Å². The first-order valence-electron chi connectivity index (χ1n) is 5.34. The van der Waals surface area contributed by atoms with Crippen molar-refractivity contribution < 1.29 is 12.8 Å². The highest BCUT2D eigenvalue weighted by molar-refractivity contribution is 7.93. The first-order valence-corrected chi connectivity index (χ1v) is 6.82. The second-order valence-electron chi connectivity index (χ2n) is 4.51. The Hall–Kier alpha value is -1.10. The van der Waals surface area contributed by atoms with Crippen molar-refractivity contribution in [1.29, 1.82) is 0 Å². The second kappa shape index (κ2) is 2.97. The minimum Gasteiger partial charge on any atom is -0.382 e. The molecule has 0 radical (unpaired) electrons. The van der Waals surface area contributed by atoms with Gasteiger partial charge in [-0.3, -0.25) is 0 Å². The Morgan fingerprint density at radius 1 is 1.31 bits per heavy atom. The lowest BCUT2D eigenvalue weighted by atomic mass is 9.84. The van der Waals surface area contributed by atoms with Gasteiger partial charge in [0.05, 0.1) is 10.4 Å². The Balaban J connectivity index is 2.26. The molecule has 0 amide bonds. The van der Waals surface area contributed by atoms with Gasteiger partial charge >= 0.3 is 0 Å². The van der Waals surface area contributed by atoms with E-state index in [-0.39, 0.29) is 4.90 Å². The Morgan fingerprint density at radius 3 is 2.69 bits per heavy atom. The molecule has 5 heteroatoms. The van der Waals surface area contributed by atoms with Gasteiger partial charge in [0.1, 0.15) is 10.7 Å². The lowest BCUT2D eigenvalue weighted by Gasteiger charge is -2.44. The minimum absolute atomic E-state index is 0.138. The van der Waals surface area contributed by atoms with Crippen molar-refractivity contribution in [2.24, 2.45) is 0 Å². The number of hydrogen-bond acceptors (Lipinski definition) is 3. The largest absolute Gasteiger partial charge is 0.382 e. The molecule has 0 saturated heterocycles. The molecule has 1 saturated carbocycles. The first-order chi connectivity index (χ1) is 7.57. The number of anilines is 1. The molecule has 0 unspecified atom stereocenters. The van der Waals surface area contributed by atoms with E-state index in [0.29, 0.717) is 25.1 Å². The lowest BCUT2D eigenvalue weighted by molar-refractivity contribution is 0.345. The molecule has 3 nitrogen and oxygen atoms in total. The monoisotopic (exact) mass is 241 g/mol. The fraction of sp³-hybridized carbons (Fsp3) is 0.455. The second-order valence-corrected chi connectivity index (χ2v) is 6.79. The zero-order chi connectivity index (χ0) is 11.4. The van der Waals surface area contributed by atoms with E-state index in [1.807, 2.05) is 0 Å². The number of halogens is 1. The van der Waals surface area contributed by atoms with Crippen LogP contribution in [0.3, 0.4) is 0 Å². The molecule has 2 aliphatic rings. The molecular weight excluding hydrogens is 229 g/mol. The number of benzene rings is 1. The van der Waals surface area contributed by atoms with Crippen LogP contribution in [-0.2, 0) is 9.84 Å². The lowest BCUT2D eigenvalue weighted by Crippen LogP contribution is -2.53. The molecule has 1 aliphatic heterocycles. The zero-order valence-corrected chi connectivity index (χ0v) is 9.48. The van der Waals surface area contributed by atoms with Gasteiger partial charge in [0.2, 0.25) is 0 Å². The standard InChI is InChI=1S/C11H12FNO2S/c12-8-3-1-4-9-10(8)16(14,15)11(7-13-9)5-2-6-11/h1,3-4,13H,2,5-7H2. The molecular formula is C11H12FNO2S. The molecule has 1 spiro atoms. The number of fused-ring (bicyclic) bond motifs is 1. The Labute approximate surface area is 93.6 Å². The van der Waals surface area contributed by atoms with Gasteiger partial charge in [-0.05, 0) is 25.0 Å². The molecule has 0 aromatic heterocycles. The van der Waals surface area contributed by atoms with Crippen LogP contribution in [0.5, 0.6) is 0 Å². The van der Waals surface area contributed by atoms with E-state index in [2.05, 4.69) is 5.32 Å². The minimum atomic E-state index is -3.51. The van der Waals surface area contributed by atoms with Gasteiger partial charge < -0.3 is 5.32 Å². The normalized spacial score (nSPS) is 24.3. The van der Waals surface area contributed by atoms with Gasteiger partial charge in [0.25, 0.3) is 0 Å². The van der Waals surface area contributed by atoms with Crippen molar-refractivity contribution in [3.8, 4) is 0 Å². The third kappa shape index (κ3) is 1.04. The van der Waals surface area contributed by atoms with Gasteiger partial charge in [0, 0.05) is 6.54 Å². The highest BCUT2D eigenvalue weighted by Crippen LogP contribution is 2.47. The average molecular weight is 241 g/mol. The molecule has 0 atom stereocenters. The summed E-state index contributed by atoms with van der Waals surface area (Å²) in [5.74, 6) is -0.643. The highest BCUT2D eigenvalue weighted by Gasteiger charge is 2.53. The fourth-order valence-corrected chi connectivity index (χ4v) is 4.78. The highest BCUT2D eigenvalue weighted by atomic mass is 32.2. The quantitative estimate of drug-likeness (QED) is 0.755. The summed E-state index contributed by atoms with van der Waals surface area (Å²) >= 11 is 0. The van der Waals surface area contributed by atoms with Crippen LogP contribution in [0.15, 0.2) is 23.1 Å². The molecule has 1 aliphatic carbocycles. The van der Waals surface area contributed by atoms with Crippen LogP contribution < -0.4 is 5.32 Å². The molecule has 1 fully saturated rings. The zero-order valence-electron chi connectivity index (χ0n) is 8.66. The summed E-state index contributed by atoms with van der Waals surface area (Å²) in [7, 11) is -3.51. The van der Waals surface area contributed by atoms with E-state index in [1.165, 1.54) is 12.1 Å². The van der Waals surface area contributed by atoms with Gasteiger partial charge in [-0.25, -0.2) is 12.8 Å². The number of rotatable bonds is 0. The summed E-state index contributed by atoms with van der Waals surface area (Å²) in [4.78, 5) is -0.138. The van der Waals surface area contributed by atoms with Gasteiger partial charge in [-0.1, -0.05) is 12.5 Å². The van der Waals surface area contributed by atoms with Crippen LogP contribution in [0.1, 0.15) is 19.3 Å². The van der Waals surface area contributed by atoms with Crippen LogP contribution in [0, 0.1) is 5.82 Å². The molecule has 3 rings (SSSR count). The maximum absolute atomic E-state index is 13.7. The van der Waals surface area contributed by atoms with E-state index in [9.17, 15) is 12.8 Å².